The molecule has 0 radical (unpaired) electrons. The van der Waals surface area contributed by atoms with Crippen molar-refractivity contribution in [2.75, 3.05) is 39.3 Å². The van der Waals surface area contributed by atoms with Gasteiger partial charge in [-0.25, -0.2) is 0 Å². The summed E-state index contributed by atoms with van der Waals surface area (Å²) in [7, 11) is 0. The van der Waals surface area contributed by atoms with Gasteiger partial charge in [0, 0.05) is 25.7 Å². The molecule has 0 N–H and O–H groups in total. The van der Waals surface area contributed by atoms with Gasteiger partial charge in [-0.3, -0.25) is 4.90 Å². The van der Waals surface area contributed by atoms with E-state index in [9.17, 15) is 0 Å². The predicted molar refractivity (Wildman–Crippen MR) is 78.5 cm³/mol. The lowest BCUT2D eigenvalue weighted by Crippen LogP contribution is -2.44. The number of hydrogen-bond donors (Lipinski definition) is 0. The van der Waals surface area contributed by atoms with E-state index in [1.54, 1.807) is 0 Å². The lowest BCUT2D eigenvalue weighted by Gasteiger charge is -2.35. The second-order valence-electron chi connectivity index (χ2n) is 6.62. The van der Waals surface area contributed by atoms with Gasteiger partial charge in [-0.15, -0.1) is 0 Å². The van der Waals surface area contributed by atoms with Crippen molar-refractivity contribution >= 4 is 0 Å². The van der Waals surface area contributed by atoms with Crippen LogP contribution in [0.4, 0.5) is 0 Å². The Morgan fingerprint density at radius 2 is 1.79 bits per heavy atom. The second-order valence-corrected chi connectivity index (χ2v) is 6.62. The average molecular weight is 266 g/mol. The van der Waals surface area contributed by atoms with E-state index >= 15 is 0 Å². The van der Waals surface area contributed by atoms with Gasteiger partial charge in [0.15, 0.2) is 0 Å². The Labute approximate surface area is 118 Å². The Kier molecular flexibility index (Phi) is 5.14. The first-order valence-electron chi connectivity index (χ1n) is 8.50. The molecule has 0 bridgehead atoms. The minimum atomic E-state index is 0.555. The van der Waals surface area contributed by atoms with Crippen LogP contribution >= 0.6 is 0 Å². The first-order valence-corrected chi connectivity index (χ1v) is 8.50. The van der Waals surface area contributed by atoms with E-state index in [2.05, 4.69) is 9.80 Å². The van der Waals surface area contributed by atoms with E-state index in [-0.39, 0.29) is 0 Å². The molecule has 3 rings (SSSR count). The highest BCUT2D eigenvalue weighted by atomic mass is 16.5. The molecule has 3 fully saturated rings. The highest BCUT2D eigenvalue weighted by molar-refractivity contribution is 4.83. The van der Waals surface area contributed by atoms with Crippen molar-refractivity contribution < 1.29 is 4.74 Å². The summed E-state index contributed by atoms with van der Waals surface area (Å²) in [5.41, 5.74) is 0. The highest BCUT2D eigenvalue weighted by Gasteiger charge is 2.27. The van der Waals surface area contributed by atoms with Crippen molar-refractivity contribution in [1.82, 2.24) is 9.80 Å². The number of ether oxygens (including phenoxy) is 1. The van der Waals surface area contributed by atoms with Crippen LogP contribution in [-0.2, 0) is 4.74 Å². The van der Waals surface area contributed by atoms with Crippen molar-refractivity contribution in [3.63, 3.8) is 0 Å². The van der Waals surface area contributed by atoms with Crippen molar-refractivity contribution in [2.45, 2.75) is 63.5 Å². The topological polar surface area (TPSA) is 15.7 Å². The molecule has 0 aromatic heterocycles. The third kappa shape index (κ3) is 3.93. The Bertz CT molecular complexity index is 265. The van der Waals surface area contributed by atoms with Crippen LogP contribution in [0.25, 0.3) is 0 Å². The molecular weight excluding hydrogens is 236 g/mol. The van der Waals surface area contributed by atoms with Gasteiger partial charge in [0.1, 0.15) is 0 Å². The van der Waals surface area contributed by atoms with Gasteiger partial charge in [0.05, 0.1) is 6.10 Å². The van der Waals surface area contributed by atoms with Gasteiger partial charge in [0.25, 0.3) is 0 Å². The minimum Gasteiger partial charge on any atom is -0.378 e. The van der Waals surface area contributed by atoms with Gasteiger partial charge in [-0.1, -0.05) is 6.42 Å². The molecule has 3 saturated heterocycles. The molecule has 0 saturated carbocycles. The summed E-state index contributed by atoms with van der Waals surface area (Å²) in [5.74, 6) is 0. The smallest absolute Gasteiger partial charge is 0.0587 e. The lowest BCUT2D eigenvalue weighted by atomic mass is 10.0. The zero-order valence-electron chi connectivity index (χ0n) is 12.4. The average Bonchev–Trinajstić information content (AvgIpc) is 2.68. The van der Waals surface area contributed by atoms with Gasteiger partial charge in [-0.05, 0) is 64.6 Å². The number of rotatable bonds is 3. The van der Waals surface area contributed by atoms with Gasteiger partial charge < -0.3 is 9.64 Å². The van der Waals surface area contributed by atoms with Crippen LogP contribution in [-0.4, -0.2) is 61.3 Å². The zero-order valence-corrected chi connectivity index (χ0v) is 12.4. The Balaban J connectivity index is 1.44. The van der Waals surface area contributed by atoms with E-state index in [1.165, 1.54) is 84.1 Å². The fourth-order valence-electron chi connectivity index (χ4n) is 4.01. The van der Waals surface area contributed by atoms with Crippen molar-refractivity contribution in [2.24, 2.45) is 0 Å². The van der Waals surface area contributed by atoms with Crippen LogP contribution in [0.3, 0.4) is 0 Å². The molecule has 0 aromatic rings. The molecule has 3 aliphatic rings. The van der Waals surface area contributed by atoms with E-state index in [0.717, 1.165) is 12.6 Å². The first kappa shape index (κ1) is 13.8. The largest absolute Gasteiger partial charge is 0.378 e. The number of fused-ring (bicyclic) bond motifs is 1. The maximum Gasteiger partial charge on any atom is 0.0587 e. The molecule has 0 aromatic carbocycles. The van der Waals surface area contributed by atoms with Crippen LogP contribution in [0.5, 0.6) is 0 Å². The van der Waals surface area contributed by atoms with Crippen LogP contribution in [0.1, 0.15) is 51.4 Å². The summed E-state index contributed by atoms with van der Waals surface area (Å²) >= 11 is 0. The van der Waals surface area contributed by atoms with E-state index in [0.29, 0.717) is 6.10 Å². The monoisotopic (exact) mass is 266 g/mol. The number of nitrogens with zero attached hydrogens (tertiary/aromatic N) is 2. The summed E-state index contributed by atoms with van der Waals surface area (Å²) in [5, 5.41) is 0. The molecule has 3 heterocycles. The normalized spacial score (nSPS) is 34.7. The zero-order chi connectivity index (χ0) is 12.9. The number of piperidine rings is 1. The number of hydrogen-bond acceptors (Lipinski definition) is 3. The Morgan fingerprint density at radius 1 is 0.895 bits per heavy atom. The van der Waals surface area contributed by atoms with Crippen molar-refractivity contribution in [3.05, 3.63) is 0 Å². The first-order chi connectivity index (χ1) is 9.42. The SMILES string of the molecule is C1CCC(CCN2CCCN3CCCCC3C2)OC1. The van der Waals surface area contributed by atoms with Crippen LogP contribution in [0.2, 0.25) is 0 Å². The summed E-state index contributed by atoms with van der Waals surface area (Å²) in [4.78, 5) is 5.47. The molecule has 19 heavy (non-hydrogen) atoms. The fraction of sp³-hybridized carbons (Fsp3) is 1.00. The summed E-state index contributed by atoms with van der Waals surface area (Å²) in [6, 6.07) is 0.850. The quantitative estimate of drug-likeness (QED) is 0.780. The Hall–Kier alpha value is -0.120. The molecule has 3 heteroatoms. The summed E-state index contributed by atoms with van der Waals surface area (Å²) in [6.45, 7) is 7.56. The minimum absolute atomic E-state index is 0.555. The summed E-state index contributed by atoms with van der Waals surface area (Å²) in [6.07, 6.45) is 11.4. The van der Waals surface area contributed by atoms with Gasteiger partial charge in [-0.2, -0.15) is 0 Å². The summed E-state index contributed by atoms with van der Waals surface area (Å²) < 4.78 is 5.87. The van der Waals surface area contributed by atoms with E-state index < -0.39 is 0 Å². The molecule has 110 valence electrons. The lowest BCUT2D eigenvalue weighted by molar-refractivity contribution is 0.00474. The Morgan fingerprint density at radius 3 is 2.68 bits per heavy atom. The molecule has 3 aliphatic heterocycles. The molecule has 0 aliphatic carbocycles. The highest BCUT2D eigenvalue weighted by Crippen LogP contribution is 2.22. The maximum atomic E-state index is 5.87. The van der Waals surface area contributed by atoms with Crippen molar-refractivity contribution in [3.8, 4) is 0 Å². The maximum absolute atomic E-state index is 5.87. The van der Waals surface area contributed by atoms with E-state index in [1.807, 2.05) is 0 Å². The van der Waals surface area contributed by atoms with Gasteiger partial charge >= 0.3 is 0 Å². The predicted octanol–water partition coefficient (Wildman–Crippen LogP) is 2.51. The molecule has 2 unspecified atom stereocenters. The fourth-order valence-corrected chi connectivity index (χ4v) is 4.01. The van der Waals surface area contributed by atoms with E-state index in [4.69, 9.17) is 4.74 Å². The molecule has 3 nitrogen and oxygen atoms in total. The molecular formula is C16H30N2O. The van der Waals surface area contributed by atoms with Crippen LogP contribution in [0.15, 0.2) is 0 Å². The van der Waals surface area contributed by atoms with Crippen LogP contribution < -0.4 is 0 Å². The van der Waals surface area contributed by atoms with Crippen LogP contribution in [0, 0.1) is 0 Å². The standard InChI is InChI=1S/C16H30N2O/c1-3-10-18-11-5-9-17(14-15(18)6-1)12-8-16-7-2-4-13-19-16/h15-16H,1-14H2. The molecule has 0 spiro atoms. The molecule has 0 amide bonds. The van der Waals surface area contributed by atoms with Gasteiger partial charge in [0.2, 0.25) is 0 Å². The second kappa shape index (κ2) is 7.05. The third-order valence-corrected chi connectivity index (χ3v) is 5.18. The van der Waals surface area contributed by atoms with Crippen molar-refractivity contribution in [1.29, 1.82) is 0 Å². The molecule has 2 atom stereocenters. The third-order valence-electron chi connectivity index (χ3n) is 5.18.